The molecule has 0 fully saturated rings. The van der Waals surface area contributed by atoms with Gasteiger partial charge < -0.3 is 15.2 Å². The first-order valence-corrected chi connectivity index (χ1v) is 10.4. The van der Waals surface area contributed by atoms with Gasteiger partial charge in [-0.1, -0.05) is 27.7 Å². The maximum absolute atomic E-state index is 11.2. The highest BCUT2D eigenvalue weighted by molar-refractivity contribution is 6.72. The van der Waals surface area contributed by atoms with Gasteiger partial charge in [0.15, 0.2) is 8.32 Å². The Balaban J connectivity index is 5.06. The van der Waals surface area contributed by atoms with Crippen molar-refractivity contribution >= 4 is 20.7 Å². The van der Waals surface area contributed by atoms with E-state index in [1.54, 1.807) is 6.92 Å². The quantitative estimate of drug-likeness (QED) is 0.450. The van der Waals surface area contributed by atoms with Crippen LogP contribution in [-0.2, 0) is 9.59 Å². The number of hydrogen-bond acceptors (Lipinski definition) is 3. The van der Waals surface area contributed by atoms with Crippen molar-refractivity contribution < 1.29 is 19.5 Å². The Morgan fingerprint density at radius 2 is 1.76 bits per heavy atom. The summed E-state index contributed by atoms with van der Waals surface area (Å²) < 4.78 is 0. The third kappa shape index (κ3) is 5.43. The molecule has 0 unspecified atom stereocenters. The minimum atomic E-state index is -2.30. The number of aliphatic carboxylic acids is 1. The third-order valence-corrected chi connectivity index (χ3v) is 8.66. The van der Waals surface area contributed by atoms with Crippen molar-refractivity contribution in [3.05, 3.63) is 0 Å². The van der Waals surface area contributed by atoms with Gasteiger partial charge in [0.2, 0.25) is 6.41 Å². The first-order chi connectivity index (χ1) is 9.35. The molecule has 4 atom stereocenters. The molecule has 0 rings (SSSR count). The molecular weight excluding hydrogens is 286 g/mol. The molecule has 0 saturated heterocycles. The number of carboxylic acid groups (broad SMARTS) is 1. The lowest BCUT2D eigenvalue weighted by molar-refractivity contribution is -0.142. The summed E-state index contributed by atoms with van der Waals surface area (Å²) in [4.78, 5) is 32.4. The molecule has 0 aromatic carbocycles. The number of carboxylic acids is 1. The monoisotopic (exact) mass is 317 g/mol. The topological polar surface area (TPSA) is 86.6 Å². The summed E-state index contributed by atoms with van der Waals surface area (Å²) >= 11 is 0. The largest absolute Gasteiger partial charge is 0.481 e. The first kappa shape index (κ1) is 20.1. The van der Waals surface area contributed by atoms with E-state index in [0.29, 0.717) is 6.41 Å². The lowest BCUT2D eigenvalue weighted by atomic mass is 9.79. The third-order valence-electron chi connectivity index (χ3n) is 5.14. The predicted octanol–water partition coefficient (Wildman–Crippen LogP) is 2.46. The second kappa shape index (κ2) is 7.40. The summed E-state index contributed by atoms with van der Waals surface area (Å²) in [6, 6.07) is -0.408. The minimum absolute atomic E-state index is 0.0110. The Labute approximate surface area is 129 Å². The Morgan fingerprint density at radius 1 is 1.29 bits per heavy atom. The van der Waals surface area contributed by atoms with Crippen LogP contribution < -0.4 is 5.32 Å². The molecule has 6 heteroatoms. The van der Waals surface area contributed by atoms with Crippen LogP contribution in [0.15, 0.2) is 0 Å². The van der Waals surface area contributed by atoms with Gasteiger partial charge in [0.05, 0.1) is 5.92 Å². The fraction of sp³-hybridized carbons (Fsp3) is 0.867. The number of amides is 1. The SMILES string of the molecule is C[C@@H]([C@H](NC=O)[C@@H](C)C(=O)O)[C@@H](C)CC(C)(C)[Si](C)(C)O. The fourth-order valence-corrected chi connectivity index (χ4v) is 3.40. The van der Waals surface area contributed by atoms with Crippen molar-refractivity contribution in [2.24, 2.45) is 17.8 Å². The lowest BCUT2D eigenvalue weighted by Crippen LogP contribution is -2.46. The van der Waals surface area contributed by atoms with Crippen LogP contribution in [0.3, 0.4) is 0 Å². The van der Waals surface area contributed by atoms with Gasteiger partial charge in [-0.3, -0.25) is 9.59 Å². The summed E-state index contributed by atoms with van der Waals surface area (Å²) in [6.07, 6.45) is 1.37. The van der Waals surface area contributed by atoms with Crippen LogP contribution in [0.4, 0.5) is 0 Å². The summed E-state index contributed by atoms with van der Waals surface area (Å²) in [5.41, 5.74) is 0. The highest BCUT2D eigenvalue weighted by Gasteiger charge is 2.41. The zero-order valence-electron chi connectivity index (χ0n) is 14.3. The highest BCUT2D eigenvalue weighted by Crippen LogP contribution is 2.43. The molecule has 0 spiro atoms. The van der Waals surface area contributed by atoms with Gasteiger partial charge in [-0.15, -0.1) is 0 Å². The molecule has 0 aromatic rings. The Bertz CT molecular complexity index is 365. The van der Waals surface area contributed by atoms with Crippen molar-refractivity contribution in [2.45, 2.75) is 65.2 Å². The zero-order valence-corrected chi connectivity index (χ0v) is 15.3. The van der Waals surface area contributed by atoms with Crippen LogP contribution in [0, 0.1) is 17.8 Å². The van der Waals surface area contributed by atoms with E-state index in [1.165, 1.54) is 0 Å². The summed E-state index contributed by atoms with van der Waals surface area (Å²) in [7, 11) is -2.30. The molecule has 5 nitrogen and oxygen atoms in total. The molecule has 3 N–H and O–H groups in total. The minimum Gasteiger partial charge on any atom is -0.481 e. The fourth-order valence-electron chi connectivity index (χ4n) is 2.58. The van der Waals surface area contributed by atoms with Crippen LogP contribution in [0.2, 0.25) is 18.1 Å². The second-order valence-electron chi connectivity index (χ2n) is 7.42. The highest BCUT2D eigenvalue weighted by atomic mass is 28.4. The van der Waals surface area contributed by atoms with E-state index in [1.807, 2.05) is 20.0 Å². The molecule has 0 radical (unpaired) electrons. The standard InChI is InChI=1S/C15H31NO4Si/c1-10(8-15(4,5)21(6,7)20)11(2)13(16-9-17)12(3)14(18)19/h9-13,20H,8H2,1-7H3,(H,16,17)(H,18,19)/t10-,11+,12+,13-/m0/s1. The van der Waals surface area contributed by atoms with Gasteiger partial charge in [-0.25, -0.2) is 0 Å². The number of nitrogens with one attached hydrogen (secondary N) is 1. The molecular formula is C15H31NO4Si. The van der Waals surface area contributed by atoms with E-state index >= 15 is 0 Å². The van der Waals surface area contributed by atoms with Crippen LogP contribution in [0.5, 0.6) is 0 Å². The van der Waals surface area contributed by atoms with Gasteiger partial charge in [0.1, 0.15) is 0 Å². The number of rotatable bonds is 9. The maximum Gasteiger partial charge on any atom is 0.308 e. The number of carbonyl (C=O) groups excluding carboxylic acids is 1. The average Bonchev–Trinajstić information content (AvgIpc) is 2.32. The molecule has 0 aliphatic heterocycles. The molecule has 21 heavy (non-hydrogen) atoms. The van der Waals surface area contributed by atoms with Crippen LogP contribution >= 0.6 is 0 Å². The molecule has 0 saturated carbocycles. The Kier molecular flexibility index (Phi) is 7.09. The van der Waals surface area contributed by atoms with Crippen molar-refractivity contribution in [1.29, 1.82) is 0 Å². The number of carbonyl (C=O) groups is 2. The molecule has 124 valence electrons. The molecule has 0 heterocycles. The van der Waals surface area contributed by atoms with Crippen molar-refractivity contribution in [3.8, 4) is 0 Å². The molecule has 0 aliphatic rings. The predicted molar refractivity (Wildman–Crippen MR) is 86.5 cm³/mol. The van der Waals surface area contributed by atoms with E-state index < -0.39 is 26.2 Å². The first-order valence-electron chi connectivity index (χ1n) is 7.50. The van der Waals surface area contributed by atoms with Gasteiger partial charge in [0.25, 0.3) is 0 Å². The van der Waals surface area contributed by atoms with E-state index in [4.69, 9.17) is 0 Å². The second-order valence-corrected chi connectivity index (χ2v) is 11.9. The molecule has 0 bridgehead atoms. The van der Waals surface area contributed by atoms with Crippen LogP contribution in [0.1, 0.15) is 41.0 Å². The normalized spacial score (nSPS) is 18.5. The van der Waals surface area contributed by atoms with E-state index in [2.05, 4.69) is 26.1 Å². The van der Waals surface area contributed by atoms with Crippen molar-refractivity contribution in [1.82, 2.24) is 5.32 Å². The summed E-state index contributed by atoms with van der Waals surface area (Å²) in [5.74, 6) is -1.35. The van der Waals surface area contributed by atoms with E-state index in [0.717, 1.165) is 6.42 Å². The van der Waals surface area contributed by atoms with Crippen LogP contribution in [-0.4, -0.2) is 36.6 Å². The van der Waals surface area contributed by atoms with E-state index in [9.17, 15) is 19.5 Å². The smallest absolute Gasteiger partial charge is 0.308 e. The summed E-state index contributed by atoms with van der Waals surface area (Å²) in [5, 5.41) is 11.7. The van der Waals surface area contributed by atoms with Crippen molar-refractivity contribution in [3.63, 3.8) is 0 Å². The maximum atomic E-state index is 11.2. The zero-order chi connectivity index (χ0) is 17.0. The van der Waals surface area contributed by atoms with Crippen molar-refractivity contribution in [2.75, 3.05) is 0 Å². The van der Waals surface area contributed by atoms with Gasteiger partial charge in [-0.2, -0.15) is 0 Å². The van der Waals surface area contributed by atoms with Gasteiger partial charge >= 0.3 is 5.97 Å². The van der Waals surface area contributed by atoms with Crippen LogP contribution in [0.25, 0.3) is 0 Å². The lowest BCUT2D eigenvalue weighted by Gasteiger charge is -2.40. The Hall–Kier alpha value is -0.883. The van der Waals surface area contributed by atoms with Gasteiger partial charge in [0, 0.05) is 6.04 Å². The molecule has 0 aromatic heterocycles. The molecule has 0 aliphatic carbocycles. The average molecular weight is 318 g/mol. The summed E-state index contributed by atoms with van der Waals surface area (Å²) in [6.45, 7) is 13.6. The van der Waals surface area contributed by atoms with E-state index in [-0.39, 0.29) is 16.9 Å². The van der Waals surface area contributed by atoms with Gasteiger partial charge in [-0.05, 0) is 43.3 Å². The molecule has 1 amide bonds. The Morgan fingerprint density at radius 3 is 2.10 bits per heavy atom. The number of hydrogen-bond donors (Lipinski definition) is 3.